The van der Waals surface area contributed by atoms with Crippen molar-refractivity contribution in [3.63, 3.8) is 0 Å². The van der Waals surface area contributed by atoms with E-state index in [0.29, 0.717) is 0 Å². The molecule has 0 saturated carbocycles. The van der Waals surface area contributed by atoms with Gasteiger partial charge in [0, 0.05) is 0 Å². The Morgan fingerprint density at radius 2 is 2.46 bits per heavy atom. The average molecular weight is 187 g/mol. The predicted molar refractivity (Wildman–Crippen MR) is 42.0 cm³/mol. The van der Waals surface area contributed by atoms with Gasteiger partial charge < -0.3 is 24.9 Å². The molecule has 72 valence electrons. The van der Waals surface area contributed by atoms with Crippen molar-refractivity contribution in [3.8, 4) is 0 Å². The van der Waals surface area contributed by atoms with E-state index >= 15 is 0 Å². The second-order valence-corrected chi connectivity index (χ2v) is 2.52. The first kappa shape index (κ1) is 9.62. The zero-order chi connectivity index (χ0) is 9.84. The molecule has 0 spiro atoms. The highest BCUT2D eigenvalue weighted by atomic mass is 16.6. The Hall–Kier alpha value is -1.47. The topological polar surface area (TPSA) is 101 Å². The first-order chi connectivity index (χ1) is 6.13. The van der Waals surface area contributed by atoms with Crippen LogP contribution in [0.2, 0.25) is 0 Å². The third-order valence-electron chi connectivity index (χ3n) is 1.44. The molecule has 1 heterocycles. The van der Waals surface area contributed by atoms with Gasteiger partial charge in [-0.3, -0.25) is 0 Å². The fourth-order valence-electron chi connectivity index (χ4n) is 0.844. The third kappa shape index (κ3) is 2.49. The lowest BCUT2D eigenvalue weighted by atomic mass is 10.4. The number of imidazole rings is 1. The van der Waals surface area contributed by atoms with Crippen LogP contribution >= 0.6 is 0 Å². The molecule has 0 unspecified atom stereocenters. The van der Waals surface area contributed by atoms with Crippen LogP contribution in [0.1, 0.15) is 0 Å². The molecular formula is C6H9N3O4. The van der Waals surface area contributed by atoms with Crippen LogP contribution in [-0.4, -0.2) is 37.4 Å². The summed E-state index contributed by atoms with van der Waals surface area (Å²) in [7, 11) is 0. The van der Waals surface area contributed by atoms with Crippen LogP contribution < -0.4 is 0 Å². The van der Waals surface area contributed by atoms with E-state index in [1.807, 2.05) is 0 Å². The average Bonchev–Trinajstić information content (AvgIpc) is 2.52. The lowest BCUT2D eigenvalue weighted by Gasteiger charge is -2.04. The van der Waals surface area contributed by atoms with Crippen molar-refractivity contribution in [2.24, 2.45) is 0 Å². The Morgan fingerprint density at radius 1 is 1.77 bits per heavy atom. The molecule has 0 radical (unpaired) electrons. The Bertz CT molecular complexity index is 298. The van der Waals surface area contributed by atoms with Gasteiger partial charge in [0.2, 0.25) is 6.33 Å². The monoisotopic (exact) mass is 187 g/mol. The molecule has 0 aliphatic carbocycles. The molecule has 2 N–H and O–H groups in total. The van der Waals surface area contributed by atoms with E-state index in [2.05, 4.69) is 4.98 Å². The summed E-state index contributed by atoms with van der Waals surface area (Å²) < 4.78 is 1.35. The smallest absolute Gasteiger partial charge is 0.381 e. The first-order valence-corrected chi connectivity index (χ1v) is 3.58. The van der Waals surface area contributed by atoms with Gasteiger partial charge in [-0.05, 0) is 9.91 Å². The summed E-state index contributed by atoms with van der Waals surface area (Å²) in [4.78, 5) is 13.0. The van der Waals surface area contributed by atoms with E-state index in [-0.39, 0.29) is 19.0 Å². The van der Waals surface area contributed by atoms with Gasteiger partial charge in [-0.2, -0.15) is 0 Å². The van der Waals surface area contributed by atoms with Crippen molar-refractivity contribution >= 4 is 5.82 Å². The molecule has 13 heavy (non-hydrogen) atoms. The molecule has 7 nitrogen and oxygen atoms in total. The van der Waals surface area contributed by atoms with Gasteiger partial charge >= 0.3 is 5.82 Å². The molecule has 1 rings (SSSR count). The van der Waals surface area contributed by atoms with Crippen LogP contribution in [0.25, 0.3) is 0 Å². The predicted octanol–water partition coefficient (Wildman–Crippen LogP) is -0.856. The van der Waals surface area contributed by atoms with Gasteiger partial charge in [0.15, 0.2) is 0 Å². The van der Waals surface area contributed by atoms with Crippen molar-refractivity contribution < 1.29 is 15.1 Å². The fourth-order valence-corrected chi connectivity index (χ4v) is 0.844. The molecule has 0 fully saturated rings. The summed E-state index contributed by atoms with van der Waals surface area (Å²) >= 11 is 0. The van der Waals surface area contributed by atoms with Gasteiger partial charge in [0.25, 0.3) is 0 Å². The number of nitrogens with zero attached hydrogens (tertiary/aromatic N) is 3. The van der Waals surface area contributed by atoms with E-state index in [4.69, 9.17) is 10.2 Å². The number of rotatable bonds is 4. The minimum Gasteiger partial charge on any atom is -0.394 e. The molecule has 0 aromatic carbocycles. The molecule has 1 aromatic heterocycles. The second-order valence-electron chi connectivity index (χ2n) is 2.52. The summed E-state index contributed by atoms with van der Waals surface area (Å²) in [6, 6.07) is 0. The quantitative estimate of drug-likeness (QED) is 0.472. The minimum absolute atomic E-state index is 0.0946. The Kier molecular flexibility index (Phi) is 2.93. The van der Waals surface area contributed by atoms with E-state index < -0.39 is 11.0 Å². The highest BCUT2D eigenvalue weighted by Crippen LogP contribution is 2.05. The number of nitro groups is 1. The number of hydrogen-bond donors (Lipinski definition) is 2. The lowest BCUT2D eigenvalue weighted by molar-refractivity contribution is -0.389. The van der Waals surface area contributed by atoms with Crippen LogP contribution in [0.15, 0.2) is 12.5 Å². The number of aliphatic hydroxyl groups excluding tert-OH is 2. The summed E-state index contributed by atoms with van der Waals surface area (Å²) in [6.07, 6.45) is 1.50. The normalized spacial score (nSPS) is 12.8. The van der Waals surface area contributed by atoms with E-state index in [9.17, 15) is 10.1 Å². The molecule has 7 heteroatoms. The van der Waals surface area contributed by atoms with Crippen LogP contribution in [0.3, 0.4) is 0 Å². The van der Waals surface area contributed by atoms with Crippen molar-refractivity contribution in [2.45, 2.75) is 12.6 Å². The zero-order valence-electron chi connectivity index (χ0n) is 6.70. The summed E-state index contributed by atoms with van der Waals surface area (Å²) in [5, 5.41) is 27.7. The molecule has 0 aliphatic rings. The molecule has 0 amide bonds. The van der Waals surface area contributed by atoms with Crippen molar-refractivity contribution in [3.05, 3.63) is 22.6 Å². The van der Waals surface area contributed by atoms with Gasteiger partial charge in [-0.15, -0.1) is 0 Å². The van der Waals surface area contributed by atoms with Crippen molar-refractivity contribution in [2.75, 3.05) is 6.61 Å². The van der Waals surface area contributed by atoms with Gasteiger partial charge in [0.05, 0.1) is 19.3 Å². The Balaban J connectivity index is 2.64. The zero-order valence-corrected chi connectivity index (χ0v) is 6.70. The highest BCUT2D eigenvalue weighted by Gasteiger charge is 2.11. The lowest BCUT2D eigenvalue weighted by Crippen LogP contribution is -2.18. The van der Waals surface area contributed by atoms with Gasteiger partial charge in [-0.25, -0.2) is 0 Å². The standard InChI is InChI=1S/C6H9N3O4/c10-3-5(11)1-8-2-6(7-4-8)9(12)13/h2,4-5,10-11H,1,3H2/t5-/m0/s1. The minimum atomic E-state index is -0.922. The van der Waals surface area contributed by atoms with E-state index in [1.165, 1.54) is 17.1 Å². The fraction of sp³-hybridized carbons (Fsp3) is 0.500. The largest absolute Gasteiger partial charge is 0.394 e. The number of aliphatic hydroxyl groups is 2. The molecule has 0 aliphatic heterocycles. The van der Waals surface area contributed by atoms with E-state index in [0.717, 1.165) is 0 Å². The maximum atomic E-state index is 10.2. The second kappa shape index (κ2) is 3.97. The number of aromatic nitrogens is 2. The molecule has 1 atom stereocenters. The third-order valence-corrected chi connectivity index (χ3v) is 1.44. The Labute approximate surface area is 73.4 Å². The molecule has 0 saturated heterocycles. The molecule has 1 aromatic rings. The molecule has 0 bridgehead atoms. The van der Waals surface area contributed by atoms with Gasteiger partial charge in [0.1, 0.15) is 6.20 Å². The molecular weight excluding hydrogens is 178 g/mol. The van der Waals surface area contributed by atoms with Crippen LogP contribution in [0, 0.1) is 10.1 Å². The van der Waals surface area contributed by atoms with Crippen molar-refractivity contribution in [1.82, 2.24) is 9.55 Å². The summed E-state index contributed by atoms with van der Waals surface area (Å²) in [5.41, 5.74) is 0. The van der Waals surface area contributed by atoms with E-state index in [1.54, 1.807) is 0 Å². The first-order valence-electron chi connectivity index (χ1n) is 3.58. The highest BCUT2D eigenvalue weighted by molar-refractivity contribution is 5.12. The van der Waals surface area contributed by atoms with Crippen LogP contribution in [0.4, 0.5) is 5.82 Å². The van der Waals surface area contributed by atoms with Crippen LogP contribution in [0.5, 0.6) is 0 Å². The van der Waals surface area contributed by atoms with Crippen molar-refractivity contribution in [1.29, 1.82) is 0 Å². The summed E-state index contributed by atoms with van der Waals surface area (Å²) in [5.74, 6) is -0.273. The SMILES string of the molecule is O=[N+]([O-])c1cn(C[C@H](O)CO)cn1. The van der Waals surface area contributed by atoms with Crippen LogP contribution in [-0.2, 0) is 6.54 Å². The van der Waals surface area contributed by atoms with Gasteiger partial charge in [-0.1, -0.05) is 0 Å². The number of hydrogen-bond acceptors (Lipinski definition) is 5. The Morgan fingerprint density at radius 3 is 2.92 bits per heavy atom. The maximum absolute atomic E-state index is 10.2. The maximum Gasteiger partial charge on any atom is 0.381 e. The summed E-state index contributed by atoms with van der Waals surface area (Å²) in [6.45, 7) is -0.288.